The van der Waals surface area contributed by atoms with Gasteiger partial charge < -0.3 is 23.7 Å². The van der Waals surface area contributed by atoms with Gasteiger partial charge in [0.05, 0.1) is 24.9 Å². The van der Waals surface area contributed by atoms with Gasteiger partial charge in [-0.05, 0) is 53.9 Å². The van der Waals surface area contributed by atoms with Crippen molar-refractivity contribution in [2.45, 2.75) is 79.4 Å². The maximum absolute atomic E-state index is 13.9. The van der Waals surface area contributed by atoms with Crippen molar-refractivity contribution < 1.29 is 78.5 Å². The first-order valence-corrected chi connectivity index (χ1v) is 14.8. The van der Waals surface area contributed by atoms with Crippen LogP contribution in [0.15, 0.2) is 23.0 Å². The van der Waals surface area contributed by atoms with Gasteiger partial charge in [0.15, 0.2) is 5.78 Å². The molecule has 9 nitrogen and oxygen atoms in total. The molecule has 0 spiro atoms. The second kappa shape index (κ2) is 13.2. The van der Waals surface area contributed by atoms with E-state index in [1.54, 1.807) is 19.9 Å². The third-order valence-corrected chi connectivity index (χ3v) is 11.5. The van der Waals surface area contributed by atoms with Crippen LogP contribution in [0, 0.1) is 93.8 Å². The van der Waals surface area contributed by atoms with E-state index in [0.29, 0.717) is 12.0 Å². The van der Waals surface area contributed by atoms with E-state index in [0.717, 1.165) is 13.5 Å². The average molecular weight is 714 g/mol. The molecule has 4 fully saturated rings. The van der Waals surface area contributed by atoms with Crippen LogP contribution >= 0.6 is 0 Å². The quantitative estimate of drug-likeness (QED) is 0.253. The first-order chi connectivity index (χ1) is 19.4. The van der Waals surface area contributed by atoms with Gasteiger partial charge in [-0.25, -0.2) is 0 Å². The Kier molecular flexibility index (Phi) is 11.0. The van der Waals surface area contributed by atoms with E-state index in [1.807, 2.05) is 6.92 Å². The number of esters is 3. The van der Waals surface area contributed by atoms with Gasteiger partial charge in [-0.1, -0.05) is 41.5 Å². The zero-order valence-electron chi connectivity index (χ0n) is 26.1. The molecular weight excluding hydrogens is 667 g/mol. The summed E-state index contributed by atoms with van der Waals surface area (Å²) in [5, 5.41) is 7.00. The number of fused-ring (bicyclic) bond motifs is 4. The second-order valence-electron chi connectivity index (χ2n) is 13.3. The number of ketones is 1. The van der Waals surface area contributed by atoms with E-state index in [-0.39, 0.29) is 125 Å². The van der Waals surface area contributed by atoms with Crippen LogP contribution in [0.25, 0.3) is 0 Å². The van der Waals surface area contributed by atoms with E-state index in [9.17, 15) is 19.2 Å². The van der Waals surface area contributed by atoms with Gasteiger partial charge in [0, 0.05) is 72.8 Å². The summed E-state index contributed by atoms with van der Waals surface area (Å²) in [6, 6.07) is 1.69. The Morgan fingerprint density at radius 3 is 2.36 bits per heavy atom. The van der Waals surface area contributed by atoms with Gasteiger partial charge in [0.1, 0.15) is 18.5 Å². The maximum atomic E-state index is 13.9. The first kappa shape index (κ1) is 35.0. The number of hydrogen-bond acceptors (Lipinski definition) is 9. The zero-order valence-corrected chi connectivity index (χ0v) is 29.8. The van der Waals surface area contributed by atoms with Crippen molar-refractivity contribution in [3.8, 4) is 0 Å². The second-order valence-corrected chi connectivity index (χ2v) is 13.3. The molecular formula is C32H46LaO9. The number of furan rings is 1. The molecule has 11 atom stereocenters. The molecule has 5 rings (SSSR count). The molecule has 7 unspecified atom stereocenters. The minimum absolute atomic E-state index is 0. The molecule has 1 aromatic rings. The summed E-state index contributed by atoms with van der Waals surface area (Å²) in [6.45, 7) is 12.1. The predicted molar refractivity (Wildman–Crippen MR) is 148 cm³/mol. The van der Waals surface area contributed by atoms with Crippen LogP contribution in [0.5, 0.6) is 0 Å². The largest absolute Gasteiger partial charge is 0.472 e. The number of methoxy groups -OCH3 is 1. The summed E-state index contributed by atoms with van der Waals surface area (Å²) in [5.74, 6) is -1.85. The minimum Gasteiger partial charge on any atom is -0.472 e. The number of aliphatic hydroxyl groups excluding tert-OH is 1. The van der Waals surface area contributed by atoms with Crippen molar-refractivity contribution in [1.29, 1.82) is 0 Å². The summed E-state index contributed by atoms with van der Waals surface area (Å²) in [5.41, 5.74) is -0.549. The van der Waals surface area contributed by atoms with Crippen molar-refractivity contribution in [3.05, 3.63) is 24.2 Å². The van der Waals surface area contributed by atoms with Crippen molar-refractivity contribution in [3.63, 3.8) is 0 Å². The molecule has 0 amide bonds. The van der Waals surface area contributed by atoms with E-state index in [1.165, 1.54) is 19.6 Å². The van der Waals surface area contributed by atoms with Gasteiger partial charge in [0.25, 0.3) is 0 Å². The average Bonchev–Trinajstić information content (AvgIpc) is 3.49. The van der Waals surface area contributed by atoms with Crippen molar-refractivity contribution in [2.24, 2.45) is 58.2 Å². The van der Waals surface area contributed by atoms with E-state index in [2.05, 4.69) is 20.8 Å². The topological polar surface area (TPSA) is 129 Å². The third-order valence-electron chi connectivity index (χ3n) is 11.5. The molecule has 2 heterocycles. The molecule has 1 N–H and O–H groups in total. The van der Waals surface area contributed by atoms with Gasteiger partial charge in [0.2, 0.25) is 0 Å². The smallest absolute Gasteiger partial charge is 0.308 e. The third kappa shape index (κ3) is 5.47. The normalized spacial score (nSPS) is 39.9. The number of carbonyl (C=O) groups is 4. The number of ether oxygens (including phenoxy) is 3. The van der Waals surface area contributed by atoms with Gasteiger partial charge in [-0.3, -0.25) is 19.2 Å². The molecule has 1 aliphatic heterocycles. The van der Waals surface area contributed by atoms with Crippen LogP contribution < -0.4 is 0 Å². The summed E-state index contributed by atoms with van der Waals surface area (Å²) in [6.07, 6.45) is 3.81. The maximum Gasteiger partial charge on any atom is 0.308 e. The summed E-state index contributed by atoms with van der Waals surface area (Å²) < 4.78 is 22.8. The van der Waals surface area contributed by atoms with Crippen LogP contribution in [0.4, 0.5) is 0 Å². The first-order valence-electron chi connectivity index (χ1n) is 14.8. The monoisotopic (exact) mass is 713 g/mol. The number of rotatable bonds is 6. The molecule has 4 aliphatic rings. The van der Waals surface area contributed by atoms with E-state index in [4.69, 9.17) is 23.7 Å². The zero-order chi connectivity index (χ0) is 30.4. The van der Waals surface area contributed by atoms with Crippen LogP contribution in [-0.2, 0) is 28.6 Å². The Labute approximate surface area is 276 Å². The fraction of sp³-hybridized carbons (Fsp3) is 0.750. The van der Waals surface area contributed by atoms with Crippen LogP contribution in [0.1, 0.15) is 77.6 Å². The van der Waals surface area contributed by atoms with E-state index >= 15 is 0 Å². The van der Waals surface area contributed by atoms with E-state index < -0.39 is 17.6 Å². The Morgan fingerprint density at radius 2 is 1.79 bits per heavy atom. The molecule has 3 saturated carbocycles. The summed E-state index contributed by atoms with van der Waals surface area (Å²) >= 11 is 0. The van der Waals surface area contributed by atoms with Crippen LogP contribution in [0.3, 0.4) is 0 Å². The van der Waals surface area contributed by atoms with Crippen molar-refractivity contribution in [1.82, 2.24) is 0 Å². The minimum atomic E-state index is -0.762. The molecule has 0 aromatic carbocycles. The fourth-order valence-electron chi connectivity index (χ4n) is 9.27. The Hall–Kier alpha value is -1.49. The molecule has 1 radical (unpaired) electrons. The van der Waals surface area contributed by atoms with Crippen LogP contribution in [-0.4, -0.2) is 55.2 Å². The Balaban J connectivity index is 0.00000158. The molecule has 2 bridgehead atoms. The molecule has 1 aromatic heterocycles. The molecule has 1 saturated heterocycles. The van der Waals surface area contributed by atoms with Crippen LogP contribution in [0.2, 0.25) is 0 Å². The van der Waals surface area contributed by atoms with Gasteiger partial charge >= 0.3 is 17.9 Å². The number of hydrogen-bond donors (Lipinski definition) is 1. The predicted octanol–water partition coefficient (Wildman–Crippen LogP) is 4.70. The summed E-state index contributed by atoms with van der Waals surface area (Å²) in [4.78, 5) is 52.8. The molecule has 10 heteroatoms. The SMILES string of the molecule is CO.COC(=O)C[C@H]1C(C)C(OC(=O)C(C)C)C2C(C)[C@]1(C)C1CC[C@@](C)(C(=O)c3ccoc3)C3CC(=O)O[C@H]2C13.[La]. The Morgan fingerprint density at radius 1 is 1.12 bits per heavy atom. The van der Waals surface area contributed by atoms with Gasteiger partial charge in [-0.2, -0.15) is 0 Å². The van der Waals surface area contributed by atoms with Crippen molar-refractivity contribution >= 4 is 23.7 Å². The fourth-order valence-corrected chi connectivity index (χ4v) is 9.27. The molecule has 42 heavy (non-hydrogen) atoms. The summed E-state index contributed by atoms with van der Waals surface area (Å²) in [7, 11) is 2.40. The number of aliphatic hydroxyl groups is 1. The Bertz CT molecular complexity index is 1150. The molecule has 231 valence electrons. The van der Waals surface area contributed by atoms with Gasteiger partial charge in [-0.15, -0.1) is 0 Å². The molecule has 3 aliphatic carbocycles. The number of carbonyl (C=O) groups excluding carboxylic acids is 4. The van der Waals surface area contributed by atoms with Crippen molar-refractivity contribution in [2.75, 3.05) is 14.2 Å². The number of Topliss-reactive ketones (excluding diaryl/α,β-unsaturated/α-hetero) is 1. The standard InChI is InChI=1S/C31H42O8.CH4O.La/c1-15(2)29(35)39-26-16(3)20(12-22(32)36-7)31(6)17(4)24(26)27-25-19(31)8-10-30(5,21(25)13-23(33)38-27)28(34)18-9-11-37-14-18;1-2;/h9,11,14-17,19-21,24-27H,8,10,12-13H2,1-7H3;2H,1H3;/t16?,17?,19?,20-,21?,24?,25?,26?,27+,30+,31+;;/m0../s1.